The third-order valence-electron chi connectivity index (χ3n) is 2.78. The first-order chi connectivity index (χ1) is 8.87. The zero-order chi connectivity index (χ0) is 14.5. The van der Waals surface area contributed by atoms with Gasteiger partial charge in [-0.3, -0.25) is 11.3 Å². The van der Waals surface area contributed by atoms with E-state index >= 15 is 0 Å². The van der Waals surface area contributed by atoms with Crippen molar-refractivity contribution in [3.8, 4) is 5.75 Å². The molecule has 0 spiro atoms. The fourth-order valence-electron chi connectivity index (χ4n) is 1.85. The lowest BCUT2D eigenvalue weighted by Crippen LogP contribution is -2.28. The first-order valence-corrected chi connectivity index (χ1v) is 8.28. The SMILES string of the molecule is COc1cc(Cl)ccc1C(CCCS(C)(=O)=O)NN. The van der Waals surface area contributed by atoms with Crippen molar-refractivity contribution in [2.45, 2.75) is 18.9 Å². The van der Waals surface area contributed by atoms with Gasteiger partial charge in [0.2, 0.25) is 0 Å². The summed E-state index contributed by atoms with van der Waals surface area (Å²) in [6.45, 7) is 0. The maximum absolute atomic E-state index is 11.1. The summed E-state index contributed by atoms with van der Waals surface area (Å²) >= 11 is 5.90. The van der Waals surface area contributed by atoms with Crippen LogP contribution in [-0.2, 0) is 9.84 Å². The van der Waals surface area contributed by atoms with Crippen LogP contribution in [0.1, 0.15) is 24.4 Å². The predicted octanol–water partition coefficient (Wildman–Crippen LogP) is 1.68. The molecule has 0 saturated carbocycles. The van der Waals surface area contributed by atoms with Gasteiger partial charge >= 0.3 is 0 Å². The smallest absolute Gasteiger partial charge is 0.147 e. The third-order valence-corrected chi connectivity index (χ3v) is 4.05. The molecule has 5 nitrogen and oxygen atoms in total. The molecule has 0 aliphatic rings. The van der Waals surface area contributed by atoms with Gasteiger partial charge in [-0.2, -0.15) is 0 Å². The second-order valence-corrected chi connectivity index (χ2v) is 7.07. The van der Waals surface area contributed by atoms with Gasteiger partial charge in [0.15, 0.2) is 0 Å². The van der Waals surface area contributed by atoms with E-state index in [1.54, 1.807) is 19.2 Å². The van der Waals surface area contributed by atoms with E-state index in [0.29, 0.717) is 23.6 Å². The predicted molar refractivity (Wildman–Crippen MR) is 77.0 cm³/mol. The van der Waals surface area contributed by atoms with Crippen LogP contribution in [0, 0.1) is 0 Å². The van der Waals surface area contributed by atoms with Crippen LogP contribution in [0.25, 0.3) is 0 Å². The Balaban J connectivity index is 2.79. The normalized spacial score (nSPS) is 13.3. The van der Waals surface area contributed by atoms with Crippen molar-refractivity contribution in [2.24, 2.45) is 5.84 Å². The number of rotatable bonds is 7. The molecule has 0 aromatic heterocycles. The Labute approximate surface area is 119 Å². The summed E-state index contributed by atoms with van der Waals surface area (Å²) in [6.07, 6.45) is 2.35. The lowest BCUT2D eigenvalue weighted by molar-refractivity contribution is 0.395. The lowest BCUT2D eigenvalue weighted by atomic mass is 10.0. The molecule has 0 saturated heterocycles. The van der Waals surface area contributed by atoms with Crippen molar-refractivity contribution in [3.63, 3.8) is 0 Å². The molecule has 0 fully saturated rings. The molecule has 3 N–H and O–H groups in total. The van der Waals surface area contributed by atoms with Crippen molar-refractivity contribution in [1.29, 1.82) is 0 Å². The molecule has 0 aliphatic heterocycles. The number of hydrogen-bond acceptors (Lipinski definition) is 5. The average Bonchev–Trinajstić information content (AvgIpc) is 2.34. The lowest BCUT2D eigenvalue weighted by Gasteiger charge is -2.19. The number of ether oxygens (including phenoxy) is 1. The van der Waals surface area contributed by atoms with E-state index < -0.39 is 9.84 Å². The van der Waals surface area contributed by atoms with Crippen LogP contribution in [0.15, 0.2) is 18.2 Å². The minimum Gasteiger partial charge on any atom is -0.496 e. The summed E-state index contributed by atoms with van der Waals surface area (Å²) in [7, 11) is -1.40. The van der Waals surface area contributed by atoms with Gasteiger partial charge in [0.05, 0.1) is 7.11 Å². The van der Waals surface area contributed by atoms with E-state index in [1.165, 1.54) is 6.26 Å². The molecular weight excluding hydrogens is 288 g/mol. The molecule has 0 bridgehead atoms. The third kappa shape index (κ3) is 5.36. The number of nitrogens with one attached hydrogen (secondary N) is 1. The highest BCUT2D eigenvalue weighted by atomic mass is 35.5. The first-order valence-electron chi connectivity index (χ1n) is 5.84. The van der Waals surface area contributed by atoms with Crippen LogP contribution in [-0.4, -0.2) is 27.5 Å². The molecular formula is C12H19ClN2O3S. The number of halogens is 1. The number of nitrogens with two attached hydrogens (primary N) is 1. The highest BCUT2D eigenvalue weighted by molar-refractivity contribution is 7.90. The number of hydrazine groups is 1. The Hall–Kier alpha value is -0.820. The van der Waals surface area contributed by atoms with E-state index in [9.17, 15) is 8.42 Å². The summed E-state index contributed by atoms with van der Waals surface area (Å²) in [6, 6.07) is 5.11. The van der Waals surface area contributed by atoms with Crippen molar-refractivity contribution in [3.05, 3.63) is 28.8 Å². The highest BCUT2D eigenvalue weighted by Gasteiger charge is 2.16. The number of benzene rings is 1. The fraction of sp³-hybridized carbons (Fsp3) is 0.500. The molecule has 7 heteroatoms. The number of hydrogen-bond donors (Lipinski definition) is 2. The highest BCUT2D eigenvalue weighted by Crippen LogP contribution is 2.30. The van der Waals surface area contributed by atoms with E-state index in [4.69, 9.17) is 22.2 Å². The Bertz CT molecular complexity index is 520. The Kier molecular flexibility index (Phi) is 6.06. The maximum atomic E-state index is 11.1. The van der Waals surface area contributed by atoms with Gasteiger partial charge in [0.1, 0.15) is 15.6 Å². The zero-order valence-corrected chi connectivity index (χ0v) is 12.6. The summed E-state index contributed by atoms with van der Waals surface area (Å²) in [4.78, 5) is 0. The minimum absolute atomic E-state index is 0.140. The van der Waals surface area contributed by atoms with Gasteiger partial charge in [0, 0.05) is 28.6 Å². The second kappa shape index (κ2) is 7.09. The summed E-state index contributed by atoms with van der Waals surface area (Å²) in [5.41, 5.74) is 3.54. The molecule has 1 atom stereocenters. The minimum atomic E-state index is -2.95. The van der Waals surface area contributed by atoms with Crippen LogP contribution >= 0.6 is 11.6 Å². The van der Waals surface area contributed by atoms with Crippen LogP contribution < -0.4 is 16.0 Å². The van der Waals surface area contributed by atoms with E-state index in [0.717, 1.165) is 5.56 Å². The van der Waals surface area contributed by atoms with Crippen molar-refractivity contribution in [2.75, 3.05) is 19.1 Å². The molecule has 0 radical (unpaired) electrons. The number of sulfone groups is 1. The van der Waals surface area contributed by atoms with Crippen molar-refractivity contribution in [1.82, 2.24) is 5.43 Å². The van der Waals surface area contributed by atoms with Crippen LogP contribution in [0.4, 0.5) is 0 Å². The summed E-state index contributed by atoms with van der Waals surface area (Å²) in [5, 5.41) is 0.576. The molecule has 1 aromatic carbocycles. The summed E-state index contributed by atoms with van der Waals surface area (Å²) < 4.78 is 27.5. The Morgan fingerprint density at radius 1 is 1.47 bits per heavy atom. The van der Waals surface area contributed by atoms with Crippen LogP contribution in [0.3, 0.4) is 0 Å². The topological polar surface area (TPSA) is 81.4 Å². The standard InChI is InChI=1S/C12H19ClN2O3S/c1-18-12-8-9(13)5-6-10(12)11(15-14)4-3-7-19(2,16)17/h5-6,8,11,15H,3-4,7,14H2,1-2H3. The number of methoxy groups -OCH3 is 1. The largest absolute Gasteiger partial charge is 0.496 e. The van der Waals surface area contributed by atoms with Gasteiger partial charge in [-0.05, 0) is 25.0 Å². The zero-order valence-electron chi connectivity index (χ0n) is 11.0. The first kappa shape index (κ1) is 16.2. The van der Waals surface area contributed by atoms with Gasteiger partial charge in [-0.1, -0.05) is 17.7 Å². The molecule has 0 amide bonds. The molecule has 108 valence electrons. The summed E-state index contributed by atoms with van der Waals surface area (Å²) in [5.74, 6) is 6.30. The van der Waals surface area contributed by atoms with Gasteiger partial charge in [-0.25, -0.2) is 8.42 Å². The molecule has 0 aliphatic carbocycles. The van der Waals surface area contributed by atoms with E-state index in [-0.39, 0.29) is 11.8 Å². The second-order valence-electron chi connectivity index (χ2n) is 4.38. The van der Waals surface area contributed by atoms with E-state index in [2.05, 4.69) is 5.43 Å². The fourth-order valence-corrected chi connectivity index (χ4v) is 2.70. The molecule has 1 aromatic rings. The Morgan fingerprint density at radius 2 is 2.16 bits per heavy atom. The van der Waals surface area contributed by atoms with Gasteiger partial charge in [-0.15, -0.1) is 0 Å². The van der Waals surface area contributed by atoms with Gasteiger partial charge < -0.3 is 4.74 Å². The monoisotopic (exact) mass is 306 g/mol. The van der Waals surface area contributed by atoms with Crippen molar-refractivity contribution < 1.29 is 13.2 Å². The maximum Gasteiger partial charge on any atom is 0.147 e. The Morgan fingerprint density at radius 3 is 2.68 bits per heavy atom. The van der Waals surface area contributed by atoms with E-state index in [1.807, 2.05) is 6.07 Å². The van der Waals surface area contributed by atoms with Crippen molar-refractivity contribution >= 4 is 21.4 Å². The van der Waals surface area contributed by atoms with Gasteiger partial charge in [0.25, 0.3) is 0 Å². The van der Waals surface area contributed by atoms with Crippen LogP contribution in [0.5, 0.6) is 5.75 Å². The molecule has 1 rings (SSSR count). The molecule has 0 heterocycles. The molecule has 1 unspecified atom stereocenters. The van der Waals surface area contributed by atoms with Crippen LogP contribution in [0.2, 0.25) is 5.02 Å². The quantitative estimate of drug-likeness (QED) is 0.591. The average molecular weight is 307 g/mol. The molecule has 19 heavy (non-hydrogen) atoms.